The number of carbonyl (C=O) groups excluding carboxylic acids is 1. The van der Waals surface area contributed by atoms with E-state index in [1.165, 1.54) is 0 Å². The molecule has 158 valence electrons. The summed E-state index contributed by atoms with van der Waals surface area (Å²) in [5.74, 6) is 0.497. The Bertz CT molecular complexity index is 898. The lowest BCUT2D eigenvalue weighted by Gasteiger charge is -2.45. The fourth-order valence-corrected chi connectivity index (χ4v) is 3.90. The van der Waals surface area contributed by atoms with Gasteiger partial charge in [0.2, 0.25) is 5.91 Å². The summed E-state index contributed by atoms with van der Waals surface area (Å²) in [5.41, 5.74) is 0.657. The summed E-state index contributed by atoms with van der Waals surface area (Å²) in [5, 5.41) is 10.7. The van der Waals surface area contributed by atoms with Crippen molar-refractivity contribution in [2.45, 2.75) is 52.0 Å². The normalized spacial score (nSPS) is 20.6. The van der Waals surface area contributed by atoms with Crippen molar-refractivity contribution in [3.8, 4) is 11.4 Å². The van der Waals surface area contributed by atoms with Crippen LogP contribution in [-0.4, -0.2) is 63.0 Å². The first kappa shape index (κ1) is 22.0. The zero-order chi connectivity index (χ0) is 21.2. The number of H-pyrrole nitrogens is 1. The molecular weight excluding hydrogens is 410 g/mol. The second-order valence-electron chi connectivity index (χ2n) is 8.20. The fourth-order valence-electron chi connectivity index (χ4n) is 3.58. The highest BCUT2D eigenvalue weighted by Gasteiger charge is 2.33. The molecule has 1 aliphatic heterocycles. The molecular formula is C20H28ClN5O2S. The standard InChI is InChI=1S/C20H28ClN5O2S/c1-13-9-25(10-14(2)28-13)20(3,4)12-22-17(27)11-26-18(23-24-19(26)29)15-5-7-16(21)8-6-15/h5-8,13-14H,9-12H2,1-4H3,(H,22,27)(H,24,29). The van der Waals surface area contributed by atoms with Crippen LogP contribution in [0.2, 0.25) is 5.02 Å². The summed E-state index contributed by atoms with van der Waals surface area (Å²) in [7, 11) is 0. The van der Waals surface area contributed by atoms with Crippen molar-refractivity contribution in [2.24, 2.45) is 0 Å². The number of nitrogens with zero attached hydrogens (tertiary/aromatic N) is 3. The first-order chi connectivity index (χ1) is 13.7. The van der Waals surface area contributed by atoms with Crippen LogP contribution in [0.25, 0.3) is 11.4 Å². The molecule has 0 radical (unpaired) electrons. The van der Waals surface area contributed by atoms with E-state index in [4.69, 9.17) is 28.6 Å². The van der Waals surface area contributed by atoms with Gasteiger partial charge in [-0.2, -0.15) is 5.10 Å². The summed E-state index contributed by atoms with van der Waals surface area (Å²) >= 11 is 11.3. The number of benzene rings is 1. The summed E-state index contributed by atoms with van der Waals surface area (Å²) < 4.78 is 7.92. The van der Waals surface area contributed by atoms with Crippen molar-refractivity contribution in [2.75, 3.05) is 19.6 Å². The van der Waals surface area contributed by atoms with E-state index in [0.29, 0.717) is 22.2 Å². The van der Waals surface area contributed by atoms with Gasteiger partial charge in [0.05, 0.1) is 12.2 Å². The Morgan fingerprint density at radius 2 is 1.93 bits per heavy atom. The SMILES string of the molecule is CC1CN(C(C)(C)CNC(=O)Cn2c(-c3ccc(Cl)cc3)n[nH]c2=S)CC(C)O1. The number of aromatic amines is 1. The van der Waals surface area contributed by atoms with Crippen LogP contribution in [-0.2, 0) is 16.1 Å². The predicted octanol–water partition coefficient (Wildman–Crippen LogP) is 3.27. The van der Waals surface area contributed by atoms with E-state index in [9.17, 15) is 4.79 Å². The van der Waals surface area contributed by atoms with Gasteiger partial charge < -0.3 is 10.1 Å². The smallest absolute Gasteiger partial charge is 0.240 e. The summed E-state index contributed by atoms with van der Waals surface area (Å²) in [6.45, 7) is 10.8. The molecule has 1 aromatic carbocycles. The maximum atomic E-state index is 12.7. The number of ether oxygens (including phenoxy) is 1. The van der Waals surface area contributed by atoms with Crippen molar-refractivity contribution in [3.63, 3.8) is 0 Å². The predicted molar refractivity (Wildman–Crippen MR) is 117 cm³/mol. The lowest BCUT2D eigenvalue weighted by atomic mass is 10.00. The Kier molecular flexibility index (Phi) is 6.78. The Hall–Kier alpha value is -1.74. The molecule has 2 N–H and O–H groups in total. The van der Waals surface area contributed by atoms with Crippen LogP contribution in [0.4, 0.5) is 0 Å². The van der Waals surface area contributed by atoms with E-state index in [-0.39, 0.29) is 30.2 Å². The number of amides is 1. The Morgan fingerprint density at radius 3 is 2.55 bits per heavy atom. The fraction of sp³-hybridized carbons (Fsp3) is 0.550. The molecule has 29 heavy (non-hydrogen) atoms. The van der Waals surface area contributed by atoms with Gasteiger partial charge >= 0.3 is 0 Å². The number of rotatable bonds is 6. The topological polar surface area (TPSA) is 75.2 Å². The number of morpholine rings is 1. The van der Waals surface area contributed by atoms with Crippen LogP contribution in [0.1, 0.15) is 27.7 Å². The van der Waals surface area contributed by atoms with E-state index in [2.05, 4.69) is 48.1 Å². The van der Waals surface area contributed by atoms with Gasteiger partial charge in [-0.25, -0.2) is 0 Å². The monoisotopic (exact) mass is 437 g/mol. The number of nitrogens with one attached hydrogen (secondary N) is 2. The molecule has 9 heteroatoms. The molecule has 1 aromatic heterocycles. The van der Waals surface area contributed by atoms with Crippen LogP contribution in [0, 0.1) is 4.77 Å². The molecule has 1 amide bonds. The van der Waals surface area contributed by atoms with Crippen molar-refractivity contribution in [1.29, 1.82) is 0 Å². The van der Waals surface area contributed by atoms with Crippen molar-refractivity contribution in [1.82, 2.24) is 25.0 Å². The van der Waals surface area contributed by atoms with Gasteiger partial charge in [-0.3, -0.25) is 19.4 Å². The first-order valence-corrected chi connectivity index (χ1v) is 10.5. The number of halogens is 1. The van der Waals surface area contributed by atoms with Crippen molar-refractivity contribution < 1.29 is 9.53 Å². The highest BCUT2D eigenvalue weighted by atomic mass is 35.5. The van der Waals surface area contributed by atoms with Crippen LogP contribution in [0.5, 0.6) is 0 Å². The number of hydrogen-bond acceptors (Lipinski definition) is 5. The van der Waals surface area contributed by atoms with Gasteiger partial charge in [0.1, 0.15) is 6.54 Å². The summed E-state index contributed by atoms with van der Waals surface area (Å²) in [4.78, 5) is 15.0. The molecule has 0 saturated carbocycles. The Morgan fingerprint density at radius 1 is 1.31 bits per heavy atom. The quantitative estimate of drug-likeness (QED) is 0.678. The summed E-state index contributed by atoms with van der Waals surface area (Å²) in [6, 6.07) is 7.27. The zero-order valence-corrected chi connectivity index (χ0v) is 18.8. The molecule has 0 spiro atoms. The van der Waals surface area contributed by atoms with E-state index >= 15 is 0 Å². The molecule has 2 heterocycles. The second kappa shape index (κ2) is 8.95. The number of hydrogen-bond donors (Lipinski definition) is 2. The molecule has 1 saturated heterocycles. The van der Waals surface area contributed by atoms with Gasteiger partial charge in [0.15, 0.2) is 10.6 Å². The minimum absolute atomic E-state index is 0.0965. The molecule has 1 aliphatic rings. The van der Waals surface area contributed by atoms with E-state index in [1.54, 1.807) is 16.7 Å². The molecule has 3 rings (SSSR count). The maximum Gasteiger partial charge on any atom is 0.240 e. The highest BCUT2D eigenvalue weighted by Crippen LogP contribution is 2.21. The van der Waals surface area contributed by atoms with E-state index in [1.807, 2.05) is 12.1 Å². The molecule has 1 fully saturated rings. The highest BCUT2D eigenvalue weighted by molar-refractivity contribution is 7.71. The van der Waals surface area contributed by atoms with Gasteiger partial charge in [-0.1, -0.05) is 11.6 Å². The molecule has 0 bridgehead atoms. The molecule has 7 nitrogen and oxygen atoms in total. The largest absolute Gasteiger partial charge is 0.373 e. The number of aromatic nitrogens is 3. The van der Waals surface area contributed by atoms with Gasteiger partial charge in [0, 0.05) is 35.8 Å². The first-order valence-electron chi connectivity index (χ1n) is 9.74. The third-order valence-corrected chi connectivity index (χ3v) is 5.72. The lowest BCUT2D eigenvalue weighted by Crippen LogP contribution is -2.58. The zero-order valence-electron chi connectivity index (χ0n) is 17.2. The van der Waals surface area contributed by atoms with Crippen LogP contribution >= 0.6 is 23.8 Å². The van der Waals surface area contributed by atoms with Gasteiger partial charge in [-0.05, 0) is 64.2 Å². The van der Waals surface area contributed by atoms with Gasteiger partial charge in [0.25, 0.3) is 0 Å². The van der Waals surface area contributed by atoms with Gasteiger partial charge in [-0.15, -0.1) is 0 Å². The molecule has 2 unspecified atom stereocenters. The van der Waals surface area contributed by atoms with E-state index in [0.717, 1.165) is 18.7 Å². The van der Waals surface area contributed by atoms with Crippen LogP contribution in [0.3, 0.4) is 0 Å². The average Bonchev–Trinajstić information content (AvgIpc) is 3.00. The number of carbonyl (C=O) groups is 1. The van der Waals surface area contributed by atoms with Crippen LogP contribution < -0.4 is 5.32 Å². The third kappa shape index (κ3) is 5.45. The third-order valence-electron chi connectivity index (χ3n) is 5.16. The molecule has 0 aliphatic carbocycles. The minimum atomic E-state index is -0.182. The van der Waals surface area contributed by atoms with Crippen LogP contribution in [0.15, 0.2) is 24.3 Å². The lowest BCUT2D eigenvalue weighted by molar-refractivity contribution is -0.123. The molecule has 2 atom stereocenters. The van der Waals surface area contributed by atoms with Crippen molar-refractivity contribution >= 4 is 29.7 Å². The Balaban J connectivity index is 1.65. The molecule has 2 aromatic rings. The Labute approximate surface area is 181 Å². The maximum absolute atomic E-state index is 12.7. The average molecular weight is 438 g/mol. The minimum Gasteiger partial charge on any atom is -0.373 e. The van der Waals surface area contributed by atoms with Crippen molar-refractivity contribution in [3.05, 3.63) is 34.1 Å². The van der Waals surface area contributed by atoms with E-state index < -0.39 is 0 Å². The summed E-state index contributed by atoms with van der Waals surface area (Å²) in [6.07, 6.45) is 0.361. The second-order valence-corrected chi connectivity index (χ2v) is 9.02.